The predicted octanol–water partition coefficient (Wildman–Crippen LogP) is 4.15. The minimum Gasteiger partial charge on any atom is -0.497 e. The number of carbonyl (C=O) groups is 2. The van der Waals surface area contributed by atoms with Crippen LogP contribution in [0.15, 0.2) is 72.8 Å². The number of hydrogen-bond acceptors (Lipinski definition) is 6. The topological polar surface area (TPSA) is 85.3 Å². The highest BCUT2D eigenvalue weighted by atomic mass is 16.7. The third-order valence-electron chi connectivity index (χ3n) is 6.61. The van der Waals surface area contributed by atoms with Crippen molar-refractivity contribution in [2.75, 3.05) is 27.0 Å². The zero-order valence-electron chi connectivity index (χ0n) is 18.7. The molecule has 2 aliphatic heterocycles. The van der Waals surface area contributed by atoms with Gasteiger partial charge in [-0.3, -0.25) is 14.5 Å². The second kappa shape index (κ2) is 9.19. The van der Waals surface area contributed by atoms with Gasteiger partial charge in [-0.25, -0.2) is 0 Å². The molecular weight excluding hydrogens is 434 g/mol. The van der Waals surface area contributed by atoms with Crippen LogP contribution in [-0.4, -0.2) is 48.8 Å². The van der Waals surface area contributed by atoms with Crippen molar-refractivity contribution < 1.29 is 28.9 Å². The fourth-order valence-corrected chi connectivity index (χ4v) is 4.97. The minimum atomic E-state index is -0.904. The van der Waals surface area contributed by atoms with Crippen LogP contribution in [0, 0.1) is 5.92 Å². The number of carbonyl (C=O) groups excluding carboxylic acids is 1. The third kappa shape index (κ3) is 4.10. The van der Waals surface area contributed by atoms with E-state index in [1.807, 2.05) is 65.6 Å². The first-order chi connectivity index (χ1) is 16.5. The van der Waals surface area contributed by atoms with E-state index in [1.165, 1.54) is 0 Å². The molecule has 2 heterocycles. The summed E-state index contributed by atoms with van der Waals surface area (Å²) in [5, 5.41) is 10.3. The van der Waals surface area contributed by atoms with Gasteiger partial charge in [-0.05, 0) is 35.4 Å². The Balaban J connectivity index is 1.53. The second-order valence-corrected chi connectivity index (χ2v) is 8.52. The molecule has 5 rings (SSSR count). The van der Waals surface area contributed by atoms with E-state index in [0.717, 1.165) is 11.1 Å². The number of methoxy groups -OCH3 is 1. The van der Waals surface area contributed by atoms with Gasteiger partial charge < -0.3 is 19.3 Å². The van der Waals surface area contributed by atoms with Crippen LogP contribution in [0.5, 0.6) is 17.2 Å². The molecule has 2 aliphatic rings. The number of carboxylic acid groups (broad SMARTS) is 1. The lowest BCUT2D eigenvalue weighted by molar-refractivity contribution is -0.143. The standard InChI is InChI=1S/C27H25NO6/c1-32-20-10-7-18(8-11-20)26-25(27(30)31)21(19-9-12-23-24(13-19)34-16-33-23)14-28(26)15-22(29)17-5-3-2-4-6-17/h2-13,21,25-26H,14-16H2,1H3,(H,30,31). The van der Waals surface area contributed by atoms with Crippen LogP contribution >= 0.6 is 0 Å². The van der Waals surface area contributed by atoms with Gasteiger partial charge in [0.15, 0.2) is 17.3 Å². The highest BCUT2D eigenvalue weighted by Crippen LogP contribution is 2.47. The lowest BCUT2D eigenvalue weighted by atomic mass is 9.82. The number of nitrogens with zero attached hydrogens (tertiary/aromatic N) is 1. The van der Waals surface area contributed by atoms with Crippen molar-refractivity contribution >= 4 is 11.8 Å². The van der Waals surface area contributed by atoms with Crippen molar-refractivity contribution in [1.82, 2.24) is 4.90 Å². The Labute approximate surface area is 197 Å². The van der Waals surface area contributed by atoms with Crippen molar-refractivity contribution in [3.8, 4) is 17.2 Å². The summed E-state index contributed by atoms with van der Waals surface area (Å²) < 4.78 is 16.2. The maximum absolute atomic E-state index is 13.1. The maximum Gasteiger partial charge on any atom is 0.309 e. The Hall–Kier alpha value is -3.84. The maximum atomic E-state index is 13.1. The van der Waals surface area contributed by atoms with Gasteiger partial charge >= 0.3 is 5.97 Å². The molecule has 7 nitrogen and oxygen atoms in total. The van der Waals surface area contributed by atoms with E-state index in [4.69, 9.17) is 14.2 Å². The Bertz CT molecular complexity index is 1190. The van der Waals surface area contributed by atoms with E-state index in [9.17, 15) is 14.7 Å². The average Bonchev–Trinajstić information content (AvgIpc) is 3.49. The normalized spacial score (nSPS) is 21.4. The molecule has 0 radical (unpaired) electrons. The van der Waals surface area contributed by atoms with E-state index in [1.54, 1.807) is 19.2 Å². The molecule has 3 atom stereocenters. The molecule has 1 fully saturated rings. The zero-order chi connectivity index (χ0) is 23.7. The molecule has 1 N–H and O–H groups in total. The third-order valence-corrected chi connectivity index (χ3v) is 6.61. The summed E-state index contributed by atoms with van der Waals surface area (Å²) in [7, 11) is 1.59. The Morgan fingerprint density at radius 1 is 0.971 bits per heavy atom. The summed E-state index contributed by atoms with van der Waals surface area (Å²) in [6.07, 6.45) is 0. The van der Waals surface area contributed by atoms with Crippen LogP contribution in [0.2, 0.25) is 0 Å². The summed E-state index contributed by atoms with van der Waals surface area (Å²) in [6, 6.07) is 21.6. The van der Waals surface area contributed by atoms with Crippen LogP contribution in [0.3, 0.4) is 0 Å². The number of Topliss-reactive ketones (excluding diaryl/α,β-unsaturated/α-hetero) is 1. The number of ether oxygens (including phenoxy) is 3. The Morgan fingerprint density at radius 3 is 2.38 bits per heavy atom. The van der Waals surface area contributed by atoms with E-state index in [0.29, 0.717) is 29.4 Å². The van der Waals surface area contributed by atoms with Crippen LogP contribution in [0.1, 0.15) is 33.4 Å². The summed E-state index contributed by atoms with van der Waals surface area (Å²) in [5.74, 6) is -0.0847. The highest BCUT2D eigenvalue weighted by Gasteiger charge is 2.48. The van der Waals surface area contributed by atoms with Crippen molar-refractivity contribution in [2.24, 2.45) is 5.92 Å². The van der Waals surface area contributed by atoms with Gasteiger partial charge in [-0.2, -0.15) is 0 Å². The fraction of sp³-hybridized carbons (Fsp3) is 0.259. The number of carboxylic acids is 1. The second-order valence-electron chi connectivity index (χ2n) is 8.52. The van der Waals surface area contributed by atoms with Gasteiger partial charge in [-0.15, -0.1) is 0 Å². The van der Waals surface area contributed by atoms with Gasteiger partial charge in [0.2, 0.25) is 6.79 Å². The number of rotatable bonds is 7. The number of fused-ring (bicyclic) bond motifs is 1. The predicted molar refractivity (Wildman–Crippen MR) is 125 cm³/mol. The molecular formula is C27H25NO6. The molecule has 0 saturated carbocycles. The summed E-state index contributed by atoms with van der Waals surface area (Å²) in [4.78, 5) is 27.7. The summed E-state index contributed by atoms with van der Waals surface area (Å²) in [5.41, 5.74) is 2.29. The summed E-state index contributed by atoms with van der Waals surface area (Å²) in [6.45, 7) is 0.690. The van der Waals surface area contributed by atoms with Crippen LogP contribution < -0.4 is 14.2 Å². The van der Waals surface area contributed by atoms with Gasteiger partial charge in [0.25, 0.3) is 0 Å². The molecule has 3 unspecified atom stereocenters. The van der Waals surface area contributed by atoms with Crippen molar-refractivity contribution in [1.29, 1.82) is 0 Å². The molecule has 7 heteroatoms. The van der Waals surface area contributed by atoms with Crippen molar-refractivity contribution in [3.05, 3.63) is 89.5 Å². The van der Waals surface area contributed by atoms with E-state index in [-0.39, 0.29) is 25.0 Å². The van der Waals surface area contributed by atoms with E-state index >= 15 is 0 Å². The molecule has 0 aliphatic carbocycles. The minimum absolute atomic E-state index is 0.0467. The number of likely N-dealkylation sites (tertiary alicyclic amines) is 1. The molecule has 3 aromatic carbocycles. The van der Waals surface area contributed by atoms with Gasteiger partial charge in [0.1, 0.15) is 5.75 Å². The Morgan fingerprint density at radius 2 is 1.68 bits per heavy atom. The average molecular weight is 459 g/mol. The first-order valence-corrected chi connectivity index (χ1v) is 11.1. The largest absolute Gasteiger partial charge is 0.497 e. The summed E-state index contributed by atoms with van der Waals surface area (Å²) >= 11 is 0. The monoisotopic (exact) mass is 459 g/mol. The first-order valence-electron chi connectivity index (χ1n) is 11.1. The number of hydrogen-bond donors (Lipinski definition) is 1. The SMILES string of the molecule is COc1ccc(C2C(C(=O)O)C(c3ccc4c(c3)OCO4)CN2CC(=O)c2ccccc2)cc1. The molecule has 1 saturated heterocycles. The molecule has 0 bridgehead atoms. The van der Waals surface area contributed by atoms with Crippen LogP contribution in [0.25, 0.3) is 0 Å². The molecule has 0 spiro atoms. The Kier molecular flexibility index (Phi) is 5.94. The zero-order valence-corrected chi connectivity index (χ0v) is 18.7. The highest BCUT2D eigenvalue weighted by molar-refractivity contribution is 5.97. The van der Waals surface area contributed by atoms with Gasteiger partial charge in [0, 0.05) is 24.1 Å². The van der Waals surface area contributed by atoms with Crippen LogP contribution in [0.4, 0.5) is 0 Å². The van der Waals surface area contributed by atoms with Crippen LogP contribution in [-0.2, 0) is 4.79 Å². The smallest absolute Gasteiger partial charge is 0.309 e. The quantitative estimate of drug-likeness (QED) is 0.532. The molecule has 174 valence electrons. The van der Waals surface area contributed by atoms with E-state index < -0.39 is 17.9 Å². The lowest BCUT2D eigenvalue weighted by Gasteiger charge is -2.27. The number of benzene rings is 3. The van der Waals surface area contributed by atoms with Crippen molar-refractivity contribution in [2.45, 2.75) is 12.0 Å². The first kappa shape index (κ1) is 22.0. The van der Waals surface area contributed by atoms with Gasteiger partial charge in [-0.1, -0.05) is 48.5 Å². The van der Waals surface area contributed by atoms with Crippen molar-refractivity contribution in [3.63, 3.8) is 0 Å². The fourth-order valence-electron chi connectivity index (χ4n) is 4.97. The number of ketones is 1. The van der Waals surface area contributed by atoms with Gasteiger partial charge in [0.05, 0.1) is 19.6 Å². The number of aliphatic carboxylic acids is 1. The molecule has 0 aromatic heterocycles. The molecule has 0 amide bonds. The molecule has 3 aromatic rings. The lowest BCUT2D eigenvalue weighted by Crippen LogP contribution is -2.32. The van der Waals surface area contributed by atoms with E-state index in [2.05, 4.69) is 0 Å². The molecule has 34 heavy (non-hydrogen) atoms.